The largest absolute Gasteiger partial charge is 0.352 e. The minimum atomic E-state index is -3.91. The van der Waals surface area contributed by atoms with Gasteiger partial charge in [-0.05, 0) is 42.7 Å². The van der Waals surface area contributed by atoms with Crippen molar-refractivity contribution >= 4 is 32.8 Å². The van der Waals surface area contributed by atoms with Crippen molar-refractivity contribution in [2.75, 3.05) is 24.5 Å². The van der Waals surface area contributed by atoms with Gasteiger partial charge in [-0.3, -0.25) is 9.78 Å². The molecular formula is C29H32N6O3S. The van der Waals surface area contributed by atoms with Crippen molar-refractivity contribution in [3.63, 3.8) is 0 Å². The molecule has 0 saturated carbocycles. The van der Waals surface area contributed by atoms with E-state index in [0.717, 1.165) is 24.0 Å². The number of aromatic nitrogens is 3. The topological polar surface area (TPSA) is 108 Å². The lowest BCUT2D eigenvalue weighted by Crippen LogP contribution is -2.60. The average molecular weight is 545 g/mol. The van der Waals surface area contributed by atoms with Crippen molar-refractivity contribution in [1.82, 2.24) is 24.6 Å². The van der Waals surface area contributed by atoms with Crippen LogP contribution in [0.15, 0.2) is 78.1 Å². The Balaban J connectivity index is 1.40. The normalized spacial score (nSPS) is 16.4. The summed E-state index contributed by atoms with van der Waals surface area (Å²) in [6.45, 7) is 5.01. The first-order valence-corrected chi connectivity index (χ1v) is 14.5. The molecular weight excluding hydrogens is 512 g/mol. The van der Waals surface area contributed by atoms with E-state index in [2.05, 4.69) is 39.3 Å². The molecule has 202 valence electrons. The van der Waals surface area contributed by atoms with Crippen molar-refractivity contribution in [2.24, 2.45) is 0 Å². The van der Waals surface area contributed by atoms with Gasteiger partial charge in [0.15, 0.2) is 0 Å². The Morgan fingerprint density at radius 1 is 0.974 bits per heavy atom. The maximum Gasteiger partial charge on any atom is 0.243 e. The molecule has 1 amide bonds. The molecule has 0 bridgehead atoms. The highest BCUT2D eigenvalue weighted by molar-refractivity contribution is 7.89. The Morgan fingerprint density at radius 2 is 1.72 bits per heavy atom. The Hall–Kier alpha value is -3.89. The highest BCUT2D eigenvalue weighted by Gasteiger charge is 2.40. The highest BCUT2D eigenvalue weighted by Crippen LogP contribution is 2.25. The zero-order valence-electron chi connectivity index (χ0n) is 22.1. The number of anilines is 1. The number of carbonyl (C=O) groups excluding carboxylic acids is 1. The first-order chi connectivity index (χ1) is 18.8. The van der Waals surface area contributed by atoms with Gasteiger partial charge in [-0.15, -0.1) is 0 Å². The summed E-state index contributed by atoms with van der Waals surface area (Å²) in [5.41, 5.74) is 4.52. The van der Waals surface area contributed by atoms with Crippen molar-refractivity contribution in [3.05, 3.63) is 89.9 Å². The molecule has 4 aromatic rings. The molecule has 1 atom stereocenters. The van der Waals surface area contributed by atoms with Crippen molar-refractivity contribution in [3.8, 4) is 0 Å². The van der Waals surface area contributed by atoms with E-state index >= 15 is 0 Å². The van der Waals surface area contributed by atoms with Crippen molar-refractivity contribution in [1.29, 1.82) is 0 Å². The third-order valence-corrected chi connectivity index (χ3v) is 8.87. The fraction of sp³-hybridized carbons (Fsp3) is 0.310. The quantitative estimate of drug-likeness (QED) is 0.362. The number of nitrogens with zero attached hydrogens (tertiary/aromatic N) is 5. The maximum absolute atomic E-state index is 13.7. The average Bonchev–Trinajstić information content (AvgIpc) is 2.96. The van der Waals surface area contributed by atoms with Gasteiger partial charge in [0.05, 0.1) is 22.8 Å². The van der Waals surface area contributed by atoms with E-state index in [-0.39, 0.29) is 23.9 Å². The number of pyridine rings is 1. The van der Waals surface area contributed by atoms with Crippen LogP contribution in [0, 0.1) is 6.92 Å². The second-order valence-electron chi connectivity index (χ2n) is 9.77. The zero-order chi connectivity index (χ0) is 27.4. The molecule has 9 nitrogen and oxygen atoms in total. The number of aryl methyl sites for hydroxylation is 2. The van der Waals surface area contributed by atoms with Gasteiger partial charge in [-0.2, -0.15) is 4.31 Å². The van der Waals surface area contributed by atoms with E-state index in [1.165, 1.54) is 9.87 Å². The Morgan fingerprint density at radius 3 is 2.46 bits per heavy atom. The lowest BCUT2D eigenvalue weighted by molar-refractivity contribution is -0.125. The smallest absolute Gasteiger partial charge is 0.243 e. The van der Waals surface area contributed by atoms with Crippen LogP contribution in [0.1, 0.15) is 30.0 Å². The van der Waals surface area contributed by atoms with Crippen molar-refractivity contribution < 1.29 is 13.2 Å². The van der Waals surface area contributed by atoms with Crippen molar-refractivity contribution in [2.45, 2.75) is 44.2 Å². The van der Waals surface area contributed by atoms with E-state index in [1.807, 2.05) is 24.0 Å². The third kappa shape index (κ3) is 5.91. The Labute approximate surface area is 229 Å². The number of hydrogen-bond acceptors (Lipinski definition) is 7. The number of piperazine rings is 1. The molecule has 3 heterocycles. The van der Waals surface area contributed by atoms with Crippen LogP contribution >= 0.6 is 0 Å². The van der Waals surface area contributed by atoms with Crippen LogP contribution in [0.4, 0.5) is 5.82 Å². The van der Waals surface area contributed by atoms with Crippen LogP contribution < -0.4 is 10.2 Å². The van der Waals surface area contributed by atoms with Crippen LogP contribution in [0.5, 0.6) is 0 Å². The summed E-state index contributed by atoms with van der Waals surface area (Å²) in [7, 11) is -3.91. The van der Waals surface area contributed by atoms with E-state index in [4.69, 9.17) is 0 Å². The number of nitrogens with one attached hydrogen (secondary N) is 1. The van der Waals surface area contributed by atoms with Gasteiger partial charge in [0.2, 0.25) is 15.9 Å². The number of carbonyl (C=O) groups is 1. The number of amides is 1. The lowest BCUT2D eigenvalue weighted by atomic mass is 10.1. The van der Waals surface area contributed by atoms with Gasteiger partial charge in [0.25, 0.3) is 0 Å². The second kappa shape index (κ2) is 11.5. The third-order valence-electron chi connectivity index (χ3n) is 6.95. The SMILES string of the molecule is CCCc1ccc(CNC(=O)[C@H]2CN(c3cnc4cnccc4n3)CCN2S(=O)(=O)c2ccc(C)cc2)cc1. The van der Waals surface area contributed by atoms with E-state index < -0.39 is 16.1 Å². The lowest BCUT2D eigenvalue weighted by Gasteiger charge is -2.40. The maximum atomic E-state index is 13.7. The fourth-order valence-corrected chi connectivity index (χ4v) is 6.32. The molecule has 0 aliphatic carbocycles. The minimum Gasteiger partial charge on any atom is -0.352 e. The predicted octanol–water partition coefficient (Wildman–Crippen LogP) is 3.48. The molecule has 1 saturated heterocycles. The highest BCUT2D eigenvalue weighted by atomic mass is 32.2. The van der Waals surface area contributed by atoms with Gasteiger partial charge in [0.1, 0.15) is 17.4 Å². The number of hydrogen-bond donors (Lipinski definition) is 1. The predicted molar refractivity (Wildman–Crippen MR) is 151 cm³/mol. The molecule has 39 heavy (non-hydrogen) atoms. The van der Waals surface area contributed by atoms with Gasteiger partial charge in [-0.25, -0.2) is 18.4 Å². The molecule has 0 spiro atoms. The summed E-state index contributed by atoms with van der Waals surface area (Å²) in [4.78, 5) is 28.9. The summed E-state index contributed by atoms with van der Waals surface area (Å²) < 4.78 is 28.7. The molecule has 10 heteroatoms. The molecule has 5 rings (SSSR count). The van der Waals surface area contributed by atoms with Gasteiger partial charge in [0, 0.05) is 32.4 Å². The van der Waals surface area contributed by atoms with Gasteiger partial charge < -0.3 is 10.2 Å². The minimum absolute atomic E-state index is 0.135. The number of rotatable bonds is 8. The Bertz CT molecular complexity index is 1560. The van der Waals surface area contributed by atoms with Crippen LogP contribution in [0.25, 0.3) is 11.0 Å². The molecule has 1 fully saturated rings. The van der Waals surface area contributed by atoms with Crippen LogP contribution in [0.2, 0.25) is 0 Å². The fourth-order valence-electron chi connectivity index (χ4n) is 4.75. The van der Waals surface area contributed by atoms with E-state index in [9.17, 15) is 13.2 Å². The summed E-state index contributed by atoms with van der Waals surface area (Å²) in [6, 6.07) is 15.7. The zero-order valence-corrected chi connectivity index (χ0v) is 22.9. The molecule has 2 aromatic heterocycles. The number of fused-ring (bicyclic) bond motifs is 1. The van der Waals surface area contributed by atoms with Crippen LogP contribution in [-0.2, 0) is 27.8 Å². The first kappa shape index (κ1) is 26.7. The van der Waals surface area contributed by atoms with Gasteiger partial charge in [-0.1, -0.05) is 55.3 Å². The summed E-state index contributed by atoms with van der Waals surface area (Å²) >= 11 is 0. The molecule has 0 radical (unpaired) electrons. The van der Waals surface area contributed by atoms with E-state index in [0.29, 0.717) is 29.9 Å². The monoisotopic (exact) mass is 544 g/mol. The molecule has 1 N–H and O–H groups in total. The van der Waals surface area contributed by atoms with Crippen LogP contribution in [-0.4, -0.2) is 59.3 Å². The standard InChI is InChI=1S/C29H32N6O3S/c1-3-4-22-7-9-23(10-8-22)17-32-29(36)27-20-34(28-19-31-26-18-30-14-13-25(26)33-28)15-16-35(27)39(37,38)24-11-5-21(2)6-12-24/h5-14,18-19,27H,3-4,15-17,20H2,1-2H3,(H,32,36)/t27-/m1/s1. The van der Waals surface area contributed by atoms with E-state index in [1.54, 1.807) is 48.9 Å². The molecule has 0 unspecified atom stereocenters. The molecule has 1 aliphatic rings. The van der Waals surface area contributed by atoms with Gasteiger partial charge >= 0.3 is 0 Å². The number of benzene rings is 2. The summed E-state index contributed by atoms with van der Waals surface area (Å²) in [5.74, 6) is 0.233. The van der Waals surface area contributed by atoms with Crippen LogP contribution in [0.3, 0.4) is 0 Å². The summed E-state index contributed by atoms with van der Waals surface area (Å²) in [5, 5.41) is 2.97. The number of sulfonamides is 1. The molecule has 2 aromatic carbocycles. The second-order valence-corrected chi connectivity index (χ2v) is 11.7. The Kier molecular flexibility index (Phi) is 7.85. The molecule has 1 aliphatic heterocycles. The first-order valence-electron chi connectivity index (χ1n) is 13.1. The summed E-state index contributed by atoms with van der Waals surface area (Å²) in [6.07, 6.45) is 7.00.